The number of aryl methyl sites for hydroxylation is 1. The van der Waals surface area contributed by atoms with Crippen LogP contribution in [0.4, 0.5) is 14.6 Å². The summed E-state index contributed by atoms with van der Waals surface area (Å²) in [7, 11) is 0. The van der Waals surface area contributed by atoms with Crippen molar-refractivity contribution in [3.63, 3.8) is 0 Å². The van der Waals surface area contributed by atoms with Crippen LogP contribution in [-0.4, -0.2) is 21.1 Å². The summed E-state index contributed by atoms with van der Waals surface area (Å²) in [5, 5.41) is 13.9. The van der Waals surface area contributed by atoms with E-state index in [4.69, 9.17) is 0 Å². The van der Waals surface area contributed by atoms with Crippen LogP contribution in [0.5, 0.6) is 0 Å². The van der Waals surface area contributed by atoms with Gasteiger partial charge in [-0.3, -0.25) is 0 Å². The third-order valence-electron chi connectivity index (χ3n) is 1.38. The van der Waals surface area contributed by atoms with E-state index < -0.39 is 23.7 Å². The summed E-state index contributed by atoms with van der Waals surface area (Å²) >= 11 is 0. The SMILES string of the molecule is Cc1cc([N+](=O)[O-])n(CC(F)F)n1. The first kappa shape index (κ1) is 9.56. The molecule has 0 amide bonds. The van der Waals surface area contributed by atoms with Crippen molar-refractivity contribution in [1.82, 2.24) is 9.78 Å². The van der Waals surface area contributed by atoms with Crippen LogP contribution in [0.15, 0.2) is 6.07 Å². The predicted octanol–water partition coefficient (Wildman–Crippen LogP) is 1.36. The summed E-state index contributed by atoms with van der Waals surface area (Å²) in [5.41, 5.74) is 0.354. The van der Waals surface area contributed by atoms with E-state index in [2.05, 4.69) is 5.10 Å². The molecule has 0 aliphatic carbocycles. The first-order valence-electron chi connectivity index (χ1n) is 3.47. The lowest BCUT2D eigenvalue weighted by Crippen LogP contribution is -2.10. The van der Waals surface area contributed by atoms with E-state index in [1.807, 2.05) is 0 Å². The van der Waals surface area contributed by atoms with Gasteiger partial charge in [0.15, 0.2) is 6.54 Å². The Balaban J connectivity index is 2.97. The highest BCUT2D eigenvalue weighted by atomic mass is 19.3. The van der Waals surface area contributed by atoms with Crippen molar-refractivity contribution in [2.45, 2.75) is 19.9 Å². The molecule has 0 unspecified atom stereocenters. The van der Waals surface area contributed by atoms with Crippen molar-refractivity contribution >= 4 is 5.82 Å². The van der Waals surface area contributed by atoms with Crippen molar-refractivity contribution in [2.24, 2.45) is 0 Å². The van der Waals surface area contributed by atoms with Crippen molar-refractivity contribution in [2.75, 3.05) is 0 Å². The third kappa shape index (κ3) is 2.20. The molecule has 0 fully saturated rings. The molecule has 0 radical (unpaired) electrons. The van der Waals surface area contributed by atoms with Crippen LogP contribution < -0.4 is 0 Å². The first-order chi connectivity index (χ1) is 6.00. The summed E-state index contributed by atoms with van der Waals surface area (Å²) in [6.45, 7) is 0.763. The van der Waals surface area contributed by atoms with Gasteiger partial charge in [-0.15, -0.1) is 4.68 Å². The zero-order valence-electron chi connectivity index (χ0n) is 6.78. The smallest absolute Gasteiger partial charge is 0.345 e. The Morgan fingerprint density at radius 2 is 2.38 bits per heavy atom. The molecule has 0 bridgehead atoms. The van der Waals surface area contributed by atoms with Gasteiger partial charge in [0.1, 0.15) is 0 Å². The fraction of sp³-hybridized carbons (Fsp3) is 0.500. The molecule has 0 atom stereocenters. The maximum absolute atomic E-state index is 11.9. The molecule has 1 heterocycles. The minimum Gasteiger partial charge on any atom is -0.358 e. The largest absolute Gasteiger partial charge is 0.358 e. The van der Waals surface area contributed by atoms with Gasteiger partial charge in [0, 0.05) is 0 Å². The molecule has 13 heavy (non-hydrogen) atoms. The number of nitrogens with zero attached hydrogens (tertiary/aromatic N) is 3. The van der Waals surface area contributed by atoms with Gasteiger partial charge in [0.25, 0.3) is 6.43 Å². The summed E-state index contributed by atoms with van der Waals surface area (Å²) < 4.78 is 24.5. The molecule has 1 aromatic heterocycles. The van der Waals surface area contributed by atoms with E-state index in [9.17, 15) is 18.9 Å². The number of hydrogen-bond acceptors (Lipinski definition) is 3. The minimum atomic E-state index is -2.64. The van der Waals surface area contributed by atoms with Gasteiger partial charge in [0.05, 0.1) is 11.8 Å². The van der Waals surface area contributed by atoms with Gasteiger partial charge in [-0.1, -0.05) is 5.10 Å². The van der Waals surface area contributed by atoms with E-state index in [-0.39, 0.29) is 0 Å². The molecule has 0 spiro atoms. The Hall–Kier alpha value is -1.53. The van der Waals surface area contributed by atoms with E-state index in [1.54, 1.807) is 0 Å². The van der Waals surface area contributed by atoms with Gasteiger partial charge in [-0.05, 0) is 11.8 Å². The number of hydrogen-bond donors (Lipinski definition) is 0. The molecule has 0 aromatic carbocycles. The minimum absolute atomic E-state index is 0.354. The van der Waals surface area contributed by atoms with Crippen LogP contribution in [0.1, 0.15) is 5.69 Å². The Morgan fingerprint density at radius 3 is 2.85 bits per heavy atom. The predicted molar refractivity (Wildman–Crippen MR) is 39.6 cm³/mol. The molecule has 0 aliphatic heterocycles. The van der Waals surface area contributed by atoms with Crippen molar-refractivity contribution in [3.8, 4) is 0 Å². The standard InChI is InChI=1S/C6H7F2N3O2/c1-4-2-6(11(12)13)10(9-4)3-5(7)8/h2,5H,3H2,1H3. The first-order valence-corrected chi connectivity index (χ1v) is 3.47. The summed E-state index contributed by atoms with van der Waals surface area (Å²) in [5.74, 6) is -0.405. The zero-order chi connectivity index (χ0) is 10.0. The van der Waals surface area contributed by atoms with Crippen LogP contribution in [0.2, 0.25) is 0 Å². The summed E-state index contributed by atoms with van der Waals surface area (Å²) in [6.07, 6.45) is -2.64. The molecule has 1 aromatic rings. The number of rotatable bonds is 3. The second kappa shape index (κ2) is 3.46. The zero-order valence-corrected chi connectivity index (χ0v) is 6.78. The molecule has 1 rings (SSSR count). The summed E-state index contributed by atoms with van der Waals surface area (Å²) in [6, 6.07) is 1.16. The van der Waals surface area contributed by atoms with Crippen LogP contribution in [-0.2, 0) is 6.54 Å². The van der Waals surface area contributed by atoms with Crippen molar-refractivity contribution < 1.29 is 13.7 Å². The van der Waals surface area contributed by atoms with Gasteiger partial charge < -0.3 is 10.1 Å². The van der Waals surface area contributed by atoms with Crippen molar-refractivity contribution in [1.29, 1.82) is 0 Å². The molecule has 0 saturated carbocycles. The monoisotopic (exact) mass is 191 g/mol. The van der Waals surface area contributed by atoms with Gasteiger partial charge in [-0.2, -0.15) is 0 Å². The molecule has 7 heteroatoms. The highest BCUT2D eigenvalue weighted by molar-refractivity contribution is 5.21. The molecular weight excluding hydrogens is 184 g/mol. The molecule has 0 N–H and O–H groups in total. The number of nitro groups is 1. The second-order valence-corrected chi connectivity index (χ2v) is 2.47. The van der Waals surface area contributed by atoms with Crippen molar-refractivity contribution in [3.05, 3.63) is 21.9 Å². The molecule has 72 valence electrons. The van der Waals surface area contributed by atoms with E-state index in [0.717, 1.165) is 6.07 Å². The number of alkyl halides is 2. The van der Waals surface area contributed by atoms with E-state index >= 15 is 0 Å². The quantitative estimate of drug-likeness (QED) is 0.535. The molecule has 0 aliphatic rings. The average Bonchev–Trinajstić information content (AvgIpc) is 2.29. The average molecular weight is 191 g/mol. The Morgan fingerprint density at radius 1 is 1.77 bits per heavy atom. The normalized spacial score (nSPS) is 10.8. The molecular formula is C6H7F2N3O2. The Kier molecular flexibility index (Phi) is 2.54. The lowest BCUT2D eigenvalue weighted by molar-refractivity contribution is -0.393. The van der Waals surface area contributed by atoms with Gasteiger partial charge >= 0.3 is 5.82 Å². The maximum atomic E-state index is 11.9. The van der Waals surface area contributed by atoms with Crippen LogP contribution in [0.3, 0.4) is 0 Å². The number of halogens is 2. The Bertz CT molecular complexity index is 324. The molecule has 0 saturated heterocycles. The van der Waals surface area contributed by atoms with Gasteiger partial charge in [-0.25, -0.2) is 8.78 Å². The third-order valence-corrected chi connectivity index (χ3v) is 1.38. The topological polar surface area (TPSA) is 61.0 Å². The second-order valence-electron chi connectivity index (χ2n) is 2.47. The van der Waals surface area contributed by atoms with E-state index in [1.165, 1.54) is 6.92 Å². The highest BCUT2D eigenvalue weighted by Gasteiger charge is 2.19. The number of aromatic nitrogens is 2. The fourth-order valence-electron chi connectivity index (χ4n) is 0.944. The maximum Gasteiger partial charge on any atom is 0.345 e. The van der Waals surface area contributed by atoms with Crippen LogP contribution in [0.25, 0.3) is 0 Å². The van der Waals surface area contributed by atoms with Crippen LogP contribution in [0, 0.1) is 17.0 Å². The summed E-state index contributed by atoms with van der Waals surface area (Å²) in [4.78, 5) is 9.58. The molecule has 5 nitrogen and oxygen atoms in total. The van der Waals surface area contributed by atoms with Gasteiger partial charge in [0.2, 0.25) is 0 Å². The highest BCUT2D eigenvalue weighted by Crippen LogP contribution is 2.14. The van der Waals surface area contributed by atoms with Crippen LogP contribution >= 0.6 is 0 Å². The fourth-order valence-corrected chi connectivity index (χ4v) is 0.944. The lowest BCUT2D eigenvalue weighted by Gasteiger charge is -1.97. The lowest BCUT2D eigenvalue weighted by atomic mass is 10.5. The van der Waals surface area contributed by atoms with E-state index in [0.29, 0.717) is 10.4 Å². The Labute approximate surface area is 72.1 Å².